The molecule has 0 saturated carbocycles. The van der Waals surface area contributed by atoms with Gasteiger partial charge in [-0.15, -0.1) is 0 Å². The van der Waals surface area contributed by atoms with Gasteiger partial charge in [-0.2, -0.15) is 0 Å². The monoisotopic (exact) mass is 617 g/mol. The molecule has 1 unspecified atom stereocenters. The van der Waals surface area contributed by atoms with Gasteiger partial charge in [0, 0.05) is 44.1 Å². The SMILES string of the molecule is O=C(OCc1ccccc1)N1CCC(CC(c2cnc[nH]2)n2cc(C(=O)N3CCOCC3)c(-c3cccc4ccccc34)c2)CC1. The van der Waals surface area contributed by atoms with E-state index in [4.69, 9.17) is 9.47 Å². The van der Waals surface area contributed by atoms with E-state index >= 15 is 0 Å². The predicted molar refractivity (Wildman–Crippen MR) is 176 cm³/mol. The van der Waals surface area contributed by atoms with Crippen LogP contribution in [0.25, 0.3) is 21.9 Å². The van der Waals surface area contributed by atoms with Gasteiger partial charge in [0.05, 0.1) is 43.0 Å². The van der Waals surface area contributed by atoms with Crippen molar-refractivity contribution in [3.05, 3.63) is 115 Å². The second kappa shape index (κ2) is 13.6. The van der Waals surface area contributed by atoms with Gasteiger partial charge in [-0.1, -0.05) is 72.8 Å². The molecular formula is C37H39N5O4. The maximum Gasteiger partial charge on any atom is 0.410 e. The normalized spacial score (nSPS) is 16.4. The molecule has 2 saturated heterocycles. The molecule has 2 amide bonds. The average molecular weight is 618 g/mol. The Hall–Kier alpha value is -4.89. The quantitative estimate of drug-likeness (QED) is 0.214. The summed E-state index contributed by atoms with van der Waals surface area (Å²) in [5.74, 6) is 0.406. The summed E-state index contributed by atoms with van der Waals surface area (Å²) >= 11 is 0. The van der Waals surface area contributed by atoms with Crippen molar-refractivity contribution in [1.82, 2.24) is 24.3 Å². The molecule has 0 bridgehead atoms. The summed E-state index contributed by atoms with van der Waals surface area (Å²) in [6.07, 6.45) is 10.1. The van der Waals surface area contributed by atoms with Gasteiger partial charge in [0.15, 0.2) is 0 Å². The number of carbonyl (C=O) groups excluding carboxylic acids is 2. The number of fused-ring (bicyclic) bond motifs is 1. The molecule has 0 radical (unpaired) electrons. The number of piperidine rings is 1. The molecule has 3 aromatic carbocycles. The van der Waals surface area contributed by atoms with Crippen LogP contribution in [0.2, 0.25) is 0 Å². The molecule has 1 N–H and O–H groups in total. The molecule has 2 aliphatic heterocycles. The maximum absolute atomic E-state index is 14.1. The van der Waals surface area contributed by atoms with Gasteiger partial charge >= 0.3 is 6.09 Å². The Kier molecular flexibility index (Phi) is 8.83. The van der Waals surface area contributed by atoms with Gasteiger partial charge in [-0.05, 0) is 47.1 Å². The lowest BCUT2D eigenvalue weighted by Crippen LogP contribution is -2.40. The number of hydrogen-bond acceptors (Lipinski definition) is 5. The van der Waals surface area contributed by atoms with E-state index < -0.39 is 0 Å². The number of carbonyl (C=O) groups is 2. The molecule has 0 aliphatic carbocycles. The number of aromatic amines is 1. The number of nitrogens with zero attached hydrogens (tertiary/aromatic N) is 4. The van der Waals surface area contributed by atoms with Crippen LogP contribution in [-0.4, -0.2) is 75.7 Å². The Morgan fingerprint density at radius 2 is 1.63 bits per heavy atom. The summed E-state index contributed by atoms with van der Waals surface area (Å²) in [4.78, 5) is 38.3. The van der Waals surface area contributed by atoms with E-state index in [9.17, 15) is 9.59 Å². The number of rotatable bonds is 8. The summed E-state index contributed by atoms with van der Waals surface area (Å²) in [5, 5.41) is 2.25. The van der Waals surface area contributed by atoms with Gasteiger partial charge in [0.25, 0.3) is 5.91 Å². The second-order valence-electron chi connectivity index (χ2n) is 12.2. The fourth-order valence-electron chi connectivity index (χ4n) is 6.77. The van der Waals surface area contributed by atoms with Crippen molar-refractivity contribution in [2.75, 3.05) is 39.4 Å². The van der Waals surface area contributed by atoms with Crippen molar-refractivity contribution in [2.45, 2.75) is 31.9 Å². The topological polar surface area (TPSA) is 92.7 Å². The summed E-state index contributed by atoms with van der Waals surface area (Å²) in [5.41, 5.74) is 4.63. The summed E-state index contributed by atoms with van der Waals surface area (Å²) < 4.78 is 13.3. The van der Waals surface area contributed by atoms with E-state index in [0.717, 1.165) is 52.4 Å². The van der Waals surface area contributed by atoms with E-state index in [2.05, 4.69) is 51.1 Å². The number of H-pyrrole nitrogens is 1. The Morgan fingerprint density at radius 3 is 2.41 bits per heavy atom. The fraction of sp³-hybridized carbons (Fsp3) is 0.324. The van der Waals surface area contributed by atoms with E-state index in [1.165, 1.54) is 0 Å². The first-order valence-corrected chi connectivity index (χ1v) is 16.1. The third-order valence-electron chi connectivity index (χ3n) is 9.33. The highest BCUT2D eigenvalue weighted by Gasteiger charge is 2.30. The summed E-state index contributed by atoms with van der Waals surface area (Å²) in [7, 11) is 0. The molecule has 2 fully saturated rings. The zero-order chi connectivity index (χ0) is 31.3. The van der Waals surface area contributed by atoms with Crippen LogP contribution in [-0.2, 0) is 16.1 Å². The molecular weight excluding hydrogens is 578 g/mol. The molecule has 1 atom stereocenters. The zero-order valence-corrected chi connectivity index (χ0v) is 25.9. The average Bonchev–Trinajstić information content (AvgIpc) is 3.82. The minimum Gasteiger partial charge on any atom is -0.445 e. The number of hydrogen-bond donors (Lipinski definition) is 1. The molecule has 4 heterocycles. The number of ether oxygens (including phenoxy) is 2. The van der Waals surface area contributed by atoms with E-state index in [1.54, 1.807) is 6.33 Å². The number of benzene rings is 3. The number of nitrogens with one attached hydrogen (secondary N) is 1. The number of amides is 2. The summed E-state index contributed by atoms with van der Waals surface area (Å²) in [6.45, 7) is 3.84. The van der Waals surface area contributed by atoms with Crippen molar-refractivity contribution in [2.24, 2.45) is 5.92 Å². The van der Waals surface area contributed by atoms with Crippen LogP contribution in [0.1, 0.15) is 46.9 Å². The Balaban J connectivity index is 1.14. The fourth-order valence-corrected chi connectivity index (χ4v) is 6.77. The van der Waals surface area contributed by atoms with Crippen LogP contribution < -0.4 is 0 Å². The molecule has 2 aromatic heterocycles. The van der Waals surface area contributed by atoms with E-state index in [0.29, 0.717) is 50.9 Å². The van der Waals surface area contributed by atoms with Crippen LogP contribution in [0.5, 0.6) is 0 Å². The number of aromatic nitrogens is 3. The van der Waals surface area contributed by atoms with Crippen LogP contribution in [0, 0.1) is 5.92 Å². The minimum atomic E-state index is -0.260. The van der Waals surface area contributed by atoms with Crippen LogP contribution in [0.15, 0.2) is 97.7 Å². The Labute approximate surface area is 268 Å². The first kappa shape index (κ1) is 29.8. The number of imidazole rings is 1. The van der Waals surface area contributed by atoms with Gasteiger partial charge in [-0.3, -0.25) is 4.79 Å². The lowest BCUT2D eigenvalue weighted by Gasteiger charge is -2.33. The third kappa shape index (κ3) is 6.41. The molecule has 0 spiro atoms. The smallest absolute Gasteiger partial charge is 0.410 e. The second-order valence-corrected chi connectivity index (χ2v) is 12.2. The van der Waals surface area contributed by atoms with Crippen molar-refractivity contribution in [3.8, 4) is 11.1 Å². The van der Waals surface area contributed by atoms with Crippen molar-refractivity contribution >= 4 is 22.8 Å². The zero-order valence-electron chi connectivity index (χ0n) is 25.9. The van der Waals surface area contributed by atoms with Crippen LogP contribution in [0.4, 0.5) is 4.79 Å². The van der Waals surface area contributed by atoms with E-state index in [-0.39, 0.29) is 24.6 Å². The Bertz CT molecular complexity index is 1760. The van der Waals surface area contributed by atoms with Crippen LogP contribution >= 0.6 is 0 Å². The first-order valence-electron chi connectivity index (χ1n) is 16.1. The molecule has 5 aromatic rings. The van der Waals surface area contributed by atoms with Crippen molar-refractivity contribution < 1.29 is 19.1 Å². The van der Waals surface area contributed by atoms with Gasteiger partial charge in [-0.25, -0.2) is 9.78 Å². The predicted octanol–water partition coefficient (Wildman–Crippen LogP) is 6.53. The van der Waals surface area contributed by atoms with Gasteiger partial charge < -0.3 is 28.8 Å². The van der Waals surface area contributed by atoms with Gasteiger partial charge in [0.1, 0.15) is 6.61 Å². The lowest BCUT2D eigenvalue weighted by molar-refractivity contribution is 0.0303. The number of likely N-dealkylation sites (tertiary alicyclic amines) is 1. The maximum atomic E-state index is 14.1. The minimum absolute atomic E-state index is 0.0238. The standard InChI is InChI=1S/C37H39N5O4/c43-36(40-17-19-45-20-18-40)33-24-42(23-32(33)31-12-6-10-29-9-4-5-11-30(29)31)35(34-22-38-26-39-34)21-27-13-15-41(16-14-27)37(44)46-25-28-7-2-1-3-8-28/h1-12,22-24,26-27,35H,13-21,25H2,(H,38,39). The molecule has 9 nitrogen and oxygen atoms in total. The summed E-state index contributed by atoms with van der Waals surface area (Å²) in [6, 6.07) is 24.3. The van der Waals surface area contributed by atoms with Crippen molar-refractivity contribution in [1.29, 1.82) is 0 Å². The van der Waals surface area contributed by atoms with Crippen molar-refractivity contribution in [3.63, 3.8) is 0 Å². The molecule has 236 valence electrons. The largest absolute Gasteiger partial charge is 0.445 e. The molecule has 2 aliphatic rings. The Morgan fingerprint density at radius 1 is 0.870 bits per heavy atom. The highest BCUT2D eigenvalue weighted by atomic mass is 16.6. The third-order valence-corrected chi connectivity index (χ3v) is 9.33. The molecule has 46 heavy (non-hydrogen) atoms. The highest BCUT2D eigenvalue weighted by Crippen LogP contribution is 2.37. The highest BCUT2D eigenvalue weighted by molar-refractivity contribution is 6.06. The van der Waals surface area contributed by atoms with Crippen LogP contribution in [0.3, 0.4) is 0 Å². The molecule has 7 rings (SSSR count). The first-order chi connectivity index (χ1) is 22.6. The lowest BCUT2D eigenvalue weighted by atomic mass is 9.89. The van der Waals surface area contributed by atoms with E-state index in [1.807, 2.05) is 64.7 Å². The number of morpholine rings is 1. The molecule has 9 heteroatoms. The van der Waals surface area contributed by atoms with Gasteiger partial charge in [0.2, 0.25) is 0 Å².